The van der Waals surface area contributed by atoms with Crippen LogP contribution in [0.3, 0.4) is 0 Å². The molecule has 5 amide bonds. The Hall–Kier alpha value is -7.08. The zero-order valence-corrected chi connectivity index (χ0v) is 37.4. The number of carboxylic acid groups (broad SMARTS) is 5. The summed E-state index contributed by atoms with van der Waals surface area (Å²) in [5, 5.41) is 56.0. The predicted molar refractivity (Wildman–Crippen MR) is 239 cm³/mol. The Morgan fingerprint density at radius 2 is 1.15 bits per heavy atom. The summed E-state index contributed by atoms with van der Waals surface area (Å²) in [6, 6.07) is 11.8. The van der Waals surface area contributed by atoms with Crippen LogP contribution in [0.25, 0.3) is 0 Å². The number of rotatable bonds is 24. The lowest BCUT2D eigenvalue weighted by Gasteiger charge is -2.37. The van der Waals surface area contributed by atoms with Gasteiger partial charge in [-0.2, -0.15) is 0 Å². The first-order valence-corrected chi connectivity index (χ1v) is 21.9. The molecule has 23 nitrogen and oxygen atoms in total. The van der Waals surface area contributed by atoms with Gasteiger partial charge in [-0.25, -0.2) is 4.79 Å². The van der Waals surface area contributed by atoms with Crippen molar-refractivity contribution in [3.05, 3.63) is 83.4 Å². The second kappa shape index (κ2) is 26.9. The molecular formula is C45H58N8O15. The van der Waals surface area contributed by atoms with Crippen molar-refractivity contribution in [2.75, 3.05) is 85.1 Å². The van der Waals surface area contributed by atoms with Crippen molar-refractivity contribution >= 4 is 59.4 Å². The van der Waals surface area contributed by atoms with Crippen molar-refractivity contribution in [1.29, 1.82) is 0 Å². The molecule has 2 heterocycles. The first-order chi connectivity index (χ1) is 32.4. The molecule has 368 valence electrons. The number of hydrogen-bond donors (Lipinski definition) is 8. The van der Waals surface area contributed by atoms with Crippen molar-refractivity contribution in [3.8, 4) is 0 Å². The fourth-order valence-electron chi connectivity index (χ4n) is 7.78. The average molecular weight is 951 g/mol. The monoisotopic (exact) mass is 950 g/mol. The Morgan fingerprint density at radius 3 is 1.71 bits per heavy atom. The van der Waals surface area contributed by atoms with E-state index >= 15 is 0 Å². The molecule has 8 N–H and O–H groups in total. The highest BCUT2D eigenvalue weighted by Crippen LogP contribution is 2.16. The number of nitrogens with one attached hydrogen (secondary N) is 3. The Morgan fingerprint density at radius 1 is 0.603 bits per heavy atom. The summed E-state index contributed by atoms with van der Waals surface area (Å²) in [5.41, 5.74) is 1.43. The molecule has 0 aliphatic carbocycles. The molecule has 2 aromatic rings. The molecule has 3 unspecified atom stereocenters. The smallest absolute Gasteiger partial charge is 0.326 e. The molecule has 2 aliphatic heterocycles. The minimum atomic E-state index is -1.32. The lowest BCUT2D eigenvalue weighted by Crippen LogP contribution is -2.53. The van der Waals surface area contributed by atoms with Gasteiger partial charge in [0.05, 0.1) is 32.7 Å². The number of carboxylic acids is 5. The lowest BCUT2D eigenvalue weighted by atomic mass is 10.0. The number of aliphatic carboxylic acids is 5. The van der Waals surface area contributed by atoms with Gasteiger partial charge in [0.2, 0.25) is 11.8 Å². The van der Waals surface area contributed by atoms with E-state index < -0.39 is 97.1 Å². The molecule has 4 rings (SSSR count). The fraction of sp³-hybridized carbons (Fsp3) is 0.467. The highest BCUT2D eigenvalue weighted by Gasteiger charge is 2.29. The van der Waals surface area contributed by atoms with E-state index in [1.165, 1.54) is 12.1 Å². The van der Waals surface area contributed by atoms with E-state index in [1.807, 2.05) is 0 Å². The number of benzene rings is 2. The van der Waals surface area contributed by atoms with Gasteiger partial charge in [-0.05, 0) is 48.9 Å². The summed E-state index contributed by atoms with van der Waals surface area (Å²) >= 11 is 0. The zero-order chi connectivity index (χ0) is 49.8. The van der Waals surface area contributed by atoms with E-state index in [0.29, 0.717) is 17.5 Å². The van der Waals surface area contributed by atoms with Crippen LogP contribution in [0.4, 0.5) is 0 Å². The van der Waals surface area contributed by atoms with E-state index in [2.05, 4.69) is 16.0 Å². The van der Waals surface area contributed by atoms with Gasteiger partial charge in [-0.3, -0.25) is 67.7 Å². The van der Waals surface area contributed by atoms with Crippen LogP contribution in [-0.2, 0) is 56.0 Å². The van der Waals surface area contributed by atoms with Gasteiger partial charge in [0.15, 0.2) is 0 Å². The van der Waals surface area contributed by atoms with Crippen molar-refractivity contribution < 1.29 is 73.5 Å². The molecule has 0 spiro atoms. The number of nitrogens with zero attached hydrogens (tertiary/aromatic N) is 5. The highest BCUT2D eigenvalue weighted by molar-refractivity contribution is 6.12. The third-order valence-corrected chi connectivity index (χ3v) is 11.2. The summed E-state index contributed by atoms with van der Waals surface area (Å²) in [7, 11) is 0. The van der Waals surface area contributed by atoms with Gasteiger partial charge in [0.1, 0.15) is 12.1 Å². The summed E-state index contributed by atoms with van der Waals surface area (Å²) in [4.78, 5) is 130. The lowest BCUT2D eigenvalue weighted by molar-refractivity contribution is -0.142. The maximum atomic E-state index is 13.7. The Bertz CT molecular complexity index is 2140. The van der Waals surface area contributed by atoms with Crippen LogP contribution in [0.5, 0.6) is 0 Å². The van der Waals surface area contributed by atoms with Crippen molar-refractivity contribution in [3.63, 3.8) is 0 Å². The van der Waals surface area contributed by atoms with Crippen LogP contribution in [-0.4, -0.2) is 213 Å². The Labute approximate surface area is 391 Å². The number of carbonyl (C=O) groups excluding carboxylic acids is 5. The SMILES string of the molecule is O=C(O)CN1CCN(CC(=O)O)CCN(CC(=O)O)C(Cc2ccc(C(=O)NC(Cc3ccccc3)C(=O)NCC(=O)NC(CCCCN3C(=O)C=CC3=O)C(=O)O)cc2)CN(CC(=O)O)CC1. The summed E-state index contributed by atoms with van der Waals surface area (Å²) in [6.45, 7) is -1.40. The number of carbonyl (C=O) groups is 10. The summed E-state index contributed by atoms with van der Waals surface area (Å²) in [6.07, 6.45) is 2.99. The summed E-state index contributed by atoms with van der Waals surface area (Å²) < 4.78 is 0. The first kappa shape index (κ1) is 53.5. The quantitative estimate of drug-likeness (QED) is 0.0429. The van der Waals surface area contributed by atoms with Gasteiger partial charge in [-0.1, -0.05) is 42.5 Å². The van der Waals surface area contributed by atoms with Crippen LogP contribution in [0.2, 0.25) is 0 Å². The number of imide groups is 1. The van der Waals surface area contributed by atoms with E-state index in [4.69, 9.17) is 0 Å². The normalized spacial score (nSPS) is 17.6. The third-order valence-electron chi connectivity index (χ3n) is 11.2. The molecule has 2 aromatic carbocycles. The highest BCUT2D eigenvalue weighted by atomic mass is 16.4. The van der Waals surface area contributed by atoms with E-state index in [9.17, 15) is 73.5 Å². The summed E-state index contributed by atoms with van der Waals surface area (Å²) in [5.74, 6) is -9.04. The average Bonchev–Trinajstić information content (AvgIpc) is 3.60. The van der Waals surface area contributed by atoms with Crippen LogP contribution >= 0.6 is 0 Å². The van der Waals surface area contributed by atoms with E-state index in [-0.39, 0.29) is 96.7 Å². The van der Waals surface area contributed by atoms with Gasteiger partial charge in [-0.15, -0.1) is 0 Å². The van der Waals surface area contributed by atoms with Crippen molar-refractivity contribution in [2.45, 2.75) is 50.2 Å². The largest absolute Gasteiger partial charge is 0.480 e. The maximum absolute atomic E-state index is 13.7. The van der Waals surface area contributed by atoms with Crippen LogP contribution < -0.4 is 16.0 Å². The predicted octanol–water partition coefficient (Wildman–Crippen LogP) is -1.72. The minimum absolute atomic E-state index is 0.0132. The van der Waals surface area contributed by atoms with Gasteiger partial charge in [0.25, 0.3) is 17.7 Å². The Kier molecular flexibility index (Phi) is 21.2. The number of unbranched alkanes of at least 4 members (excludes halogenated alkanes) is 1. The zero-order valence-electron chi connectivity index (χ0n) is 37.4. The molecule has 1 fully saturated rings. The second-order valence-corrected chi connectivity index (χ2v) is 16.4. The van der Waals surface area contributed by atoms with Gasteiger partial charge >= 0.3 is 29.8 Å². The maximum Gasteiger partial charge on any atom is 0.326 e. The molecule has 68 heavy (non-hydrogen) atoms. The van der Waals surface area contributed by atoms with E-state index in [0.717, 1.165) is 17.1 Å². The van der Waals surface area contributed by atoms with Crippen LogP contribution in [0.15, 0.2) is 66.7 Å². The standard InChI is InChI=1S/C45H58N8O15/c54-36(47-34(45(67)68)8-4-5-15-53-37(55)13-14-38(53)56)24-46-44(66)35(23-30-6-2-1-3-7-30)48-43(65)32-11-9-31(10-12-32)22-33-25-51(28-41(61)62)19-18-49(26-39(57)58)16-17-50(27-40(59)60)20-21-52(33)29-42(63)64/h1-3,6-7,9-14,33-35H,4-5,8,15-29H2,(H,46,66)(H,47,54)(H,48,65)(H,57,58)(H,59,60)(H,61,62)(H,63,64)(H,67,68). The van der Waals surface area contributed by atoms with Gasteiger partial charge < -0.3 is 41.5 Å². The van der Waals surface area contributed by atoms with Crippen molar-refractivity contribution in [1.82, 2.24) is 40.4 Å². The molecule has 0 aromatic heterocycles. The first-order valence-electron chi connectivity index (χ1n) is 21.9. The third kappa shape index (κ3) is 18.7. The molecule has 23 heteroatoms. The molecule has 2 aliphatic rings. The van der Waals surface area contributed by atoms with Crippen LogP contribution in [0, 0.1) is 0 Å². The molecule has 0 saturated carbocycles. The number of hydrogen-bond acceptors (Lipinski definition) is 14. The molecule has 0 bridgehead atoms. The van der Waals surface area contributed by atoms with E-state index in [1.54, 1.807) is 62.1 Å². The Balaban J connectivity index is 1.46. The molecular weight excluding hydrogens is 893 g/mol. The molecule has 3 atom stereocenters. The molecule has 0 radical (unpaired) electrons. The molecule has 1 saturated heterocycles. The minimum Gasteiger partial charge on any atom is -0.480 e. The van der Waals surface area contributed by atoms with Gasteiger partial charge in [0, 0.05) is 82.5 Å². The fourth-order valence-corrected chi connectivity index (χ4v) is 7.78. The topological polar surface area (TPSA) is 324 Å². The van der Waals surface area contributed by atoms with Crippen LogP contribution in [0.1, 0.15) is 40.7 Å². The second-order valence-electron chi connectivity index (χ2n) is 16.4. The van der Waals surface area contributed by atoms with Crippen molar-refractivity contribution in [2.24, 2.45) is 0 Å². The number of amides is 5.